The van der Waals surface area contributed by atoms with E-state index in [1.165, 1.54) is 6.07 Å². The van der Waals surface area contributed by atoms with Gasteiger partial charge in [0.1, 0.15) is 17.3 Å². The average Bonchev–Trinajstić information content (AvgIpc) is 2.26. The van der Waals surface area contributed by atoms with Crippen molar-refractivity contribution >= 4 is 10.1 Å². The van der Waals surface area contributed by atoms with Crippen molar-refractivity contribution in [3.8, 4) is 5.75 Å². The number of rotatable bonds is 6. The van der Waals surface area contributed by atoms with E-state index in [0.717, 1.165) is 5.56 Å². The molecule has 0 bridgehead atoms. The summed E-state index contributed by atoms with van der Waals surface area (Å²) >= 11 is 0. The lowest BCUT2D eigenvalue weighted by atomic mass is 10.2. The molecule has 0 N–H and O–H groups in total. The highest BCUT2D eigenvalue weighted by atomic mass is 32.2. The van der Waals surface area contributed by atoms with Crippen LogP contribution >= 0.6 is 0 Å². The molecule has 0 atom stereocenters. The Kier molecular flexibility index (Phi) is 4.72. The van der Waals surface area contributed by atoms with Crippen LogP contribution in [0.1, 0.15) is 12.5 Å². The number of hydrogen-bond donors (Lipinski definition) is 0. The highest BCUT2D eigenvalue weighted by Crippen LogP contribution is 2.26. The fraction of sp³-hybridized carbons (Fsp3) is 0.333. The molecule has 0 amide bonds. The molecule has 0 radical (unpaired) electrons. The summed E-state index contributed by atoms with van der Waals surface area (Å²) in [5, 5.41) is 0. The summed E-state index contributed by atoms with van der Waals surface area (Å²) in [7, 11) is -3.75. The molecule has 0 heterocycles. The number of ether oxygens (including phenoxy) is 1. The Morgan fingerprint density at radius 2 is 2.12 bits per heavy atom. The van der Waals surface area contributed by atoms with Gasteiger partial charge in [-0.3, -0.25) is 4.18 Å². The molecule has 0 saturated heterocycles. The van der Waals surface area contributed by atoms with Gasteiger partial charge in [0.25, 0.3) is 0 Å². The van der Waals surface area contributed by atoms with Gasteiger partial charge < -0.3 is 4.74 Å². The normalized spacial score (nSPS) is 11.2. The van der Waals surface area contributed by atoms with Gasteiger partial charge in [-0.15, -0.1) is 0 Å². The van der Waals surface area contributed by atoms with Crippen molar-refractivity contribution in [3.05, 3.63) is 36.4 Å². The fourth-order valence-electron chi connectivity index (χ4n) is 1.30. The van der Waals surface area contributed by atoms with Crippen LogP contribution in [-0.2, 0) is 14.3 Å². The maximum atomic E-state index is 11.8. The lowest BCUT2D eigenvalue weighted by Crippen LogP contribution is -2.09. The Morgan fingerprint density at radius 3 is 2.71 bits per heavy atom. The molecule has 1 aromatic rings. The van der Waals surface area contributed by atoms with Crippen molar-refractivity contribution in [3.63, 3.8) is 0 Å². The summed E-state index contributed by atoms with van der Waals surface area (Å²) in [6, 6.07) is 4.85. The summed E-state index contributed by atoms with van der Waals surface area (Å²) in [6.45, 7) is 7.34. The van der Waals surface area contributed by atoms with Gasteiger partial charge in [-0.05, 0) is 31.5 Å². The van der Waals surface area contributed by atoms with Crippen molar-refractivity contribution < 1.29 is 17.3 Å². The van der Waals surface area contributed by atoms with Crippen molar-refractivity contribution in [2.45, 2.75) is 18.7 Å². The van der Waals surface area contributed by atoms with Crippen LogP contribution in [0.3, 0.4) is 0 Å². The zero-order chi connectivity index (χ0) is 12.9. The Labute approximate surface area is 102 Å². The smallest absolute Gasteiger partial charge is 0.300 e. The quantitative estimate of drug-likeness (QED) is 0.579. The van der Waals surface area contributed by atoms with Crippen LogP contribution in [-0.4, -0.2) is 21.6 Å². The maximum absolute atomic E-state index is 11.8. The Bertz CT molecular complexity index is 491. The molecule has 0 fully saturated rings. The molecule has 0 aliphatic carbocycles. The summed E-state index contributed by atoms with van der Waals surface area (Å²) < 4.78 is 33.7. The van der Waals surface area contributed by atoms with Crippen LogP contribution in [0.5, 0.6) is 5.75 Å². The molecule has 5 heteroatoms. The monoisotopic (exact) mass is 256 g/mol. The molecule has 94 valence electrons. The molecule has 0 spiro atoms. The van der Waals surface area contributed by atoms with Crippen LogP contribution in [0.2, 0.25) is 0 Å². The summed E-state index contributed by atoms with van der Waals surface area (Å²) in [6.07, 6.45) is 1.55. The van der Waals surface area contributed by atoms with E-state index >= 15 is 0 Å². The first-order valence-electron chi connectivity index (χ1n) is 5.25. The molecule has 1 aromatic carbocycles. The lowest BCUT2D eigenvalue weighted by molar-refractivity contribution is 0.325. The van der Waals surface area contributed by atoms with Crippen molar-refractivity contribution in [1.82, 2.24) is 0 Å². The molecule has 0 unspecified atom stereocenters. The van der Waals surface area contributed by atoms with Crippen molar-refractivity contribution in [2.75, 3.05) is 13.2 Å². The molecule has 0 aliphatic rings. The highest BCUT2D eigenvalue weighted by molar-refractivity contribution is 7.86. The van der Waals surface area contributed by atoms with E-state index in [-0.39, 0.29) is 18.1 Å². The van der Waals surface area contributed by atoms with Gasteiger partial charge in [0, 0.05) is 0 Å². The average molecular weight is 256 g/mol. The highest BCUT2D eigenvalue weighted by Gasteiger charge is 2.20. The standard InChI is InChI=1S/C12H16O4S/c1-4-8-15-11-9-10(3)6-7-12(11)17(13,14)16-5-2/h4,6-7,9H,1,5,8H2,2-3H3. The van der Waals surface area contributed by atoms with Crippen LogP contribution in [0.15, 0.2) is 35.7 Å². The second kappa shape index (κ2) is 5.84. The first-order chi connectivity index (χ1) is 8.01. The van der Waals surface area contributed by atoms with Crippen molar-refractivity contribution in [2.24, 2.45) is 0 Å². The lowest BCUT2D eigenvalue weighted by Gasteiger charge is -2.11. The zero-order valence-corrected chi connectivity index (χ0v) is 10.8. The minimum absolute atomic E-state index is 0.0480. The molecule has 0 aromatic heterocycles. The largest absolute Gasteiger partial charge is 0.488 e. The second-order valence-electron chi connectivity index (χ2n) is 3.41. The van der Waals surface area contributed by atoms with Gasteiger partial charge in [0.15, 0.2) is 0 Å². The zero-order valence-electron chi connectivity index (χ0n) is 9.97. The Balaban J connectivity index is 3.18. The minimum atomic E-state index is -3.75. The predicted molar refractivity (Wildman–Crippen MR) is 65.7 cm³/mol. The van der Waals surface area contributed by atoms with Gasteiger partial charge in [-0.1, -0.05) is 18.7 Å². The van der Waals surface area contributed by atoms with E-state index < -0.39 is 10.1 Å². The van der Waals surface area contributed by atoms with Crippen LogP contribution in [0.4, 0.5) is 0 Å². The second-order valence-corrected chi connectivity index (χ2v) is 4.99. The third-order valence-electron chi connectivity index (χ3n) is 2.00. The van der Waals surface area contributed by atoms with E-state index in [4.69, 9.17) is 8.92 Å². The van der Waals surface area contributed by atoms with Crippen LogP contribution in [0.25, 0.3) is 0 Å². The van der Waals surface area contributed by atoms with Crippen LogP contribution < -0.4 is 4.74 Å². The Hall–Kier alpha value is -1.33. The number of benzene rings is 1. The van der Waals surface area contributed by atoms with E-state index in [2.05, 4.69) is 6.58 Å². The minimum Gasteiger partial charge on any atom is -0.488 e. The van der Waals surface area contributed by atoms with Gasteiger partial charge in [-0.25, -0.2) is 0 Å². The summed E-state index contributed by atoms with van der Waals surface area (Å²) in [5.74, 6) is 0.290. The Morgan fingerprint density at radius 1 is 1.41 bits per heavy atom. The van der Waals surface area contributed by atoms with Gasteiger partial charge in [-0.2, -0.15) is 8.42 Å². The predicted octanol–water partition coefficient (Wildman–Crippen LogP) is 2.29. The third-order valence-corrected chi connectivity index (χ3v) is 3.42. The van der Waals surface area contributed by atoms with Gasteiger partial charge in [0.05, 0.1) is 6.61 Å². The summed E-state index contributed by atoms with van der Waals surface area (Å²) in [5.41, 5.74) is 0.916. The number of aryl methyl sites for hydroxylation is 1. The molecular formula is C12H16O4S. The first-order valence-corrected chi connectivity index (χ1v) is 6.66. The van der Waals surface area contributed by atoms with Crippen molar-refractivity contribution in [1.29, 1.82) is 0 Å². The van der Waals surface area contributed by atoms with Gasteiger partial charge >= 0.3 is 10.1 Å². The molecule has 0 aliphatic heterocycles. The molecule has 0 saturated carbocycles. The molecule has 17 heavy (non-hydrogen) atoms. The molecule has 4 nitrogen and oxygen atoms in total. The van der Waals surface area contributed by atoms with E-state index in [1.807, 2.05) is 6.92 Å². The summed E-state index contributed by atoms with van der Waals surface area (Å²) in [4.78, 5) is 0.0480. The fourth-order valence-corrected chi connectivity index (χ4v) is 2.34. The third kappa shape index (κ3) is 3.57. The van der Waals surface area contributed by atoms with E-state index in [1.54, 1.807) is 25.1 Å². The van der Waals surface area contributed by atoms with E-state index in [9.17, 15) is 8.42 Å². The molecular weight excluding hydrogens is 240 g/mol. The first kappa shape index (κ1) is 13.7. The van der Waals surface area contributed by atoms with Crippen LogP contribution in [0, 0.1) is 6.92 Å². The number of hydrogen-bond acceptors (Lipinski definition) is 4. The topological polar surface area (TPSA) is 52.6 Å². The van der Waals surface area contributed by atoms with E-state index in [0.29, 0.717) is 5.75 Å². The molecule has 1 rings (SSSR count). The van der Waals surface area contributed by atoms with Gasteiger partial charge in [0.2, 0.25) is 0 Å². The maximum Gasteiger partial charge on any atom is 0.300 e. The SMILES string of the molecule is C=CCOc1cc(C)ccc1S(=O)(=O)OCC.